The van der Waals surface area contributed by atoms with Gasteiger partial charge >= 0.3 is 0 Å². The second kappa shape index (κ2) is 7.23. The number of nitrogens with zero attached hydrogens (tertiary/aromatic N) is 2. The maximum Gasteiger partial charge on any atom is 0.295 e. The number of benzene rings is 2. The highest BCUT2D eigenvalue weighted by atomic mass is 35.5. The number of hydrogen-bond donors (Lipinski definition) is 2. The second-order valence-corrected chi connectivity index (χ2v) is 6.05. The van der Waals surface area contributed by atoms with Crippen LogP contribution < -0.4 is 9.47 Å². The van der Waals surface area contributed by atoms with E-state index in [1.54, 1.807) is 12.1 Å². The lowest BCUT2D eigenvalue weighted by molar-refractivity contribution is 0.0994. The maximum atomic E-state index is 12.3. The predicted octanol–water partition coefficient (Wildman–Crippen LogP) is 5.12. The average Bonchev–Trinajstić information content (AvgIpc) is 2.94. The lowest BCUT2D eigenvalue weighted by Gasteiger charge is -2.07. The van der Waals surface area contributed by atoms with Crippen molar-refractivity contribution >= 4 is 45.7 Å². The fourth-order valence-corrected chi connectivity index (χ4v) is 2.96. The number of azo groups is 1. The summed E-state index contributed by atoms with van der Waals surface area (Å²) in [6.07, 6.45) is 0. The Balaban J connectivity index is 1.96. The number of carbonyl (C=O) groups excluding carboxylic acids is 1. The summed E-state index contributed by atoms with van der Waals surface area (Å²) in [4.78, 5) is 15.0. The number of aromatic hydroxyl groups is 1. The first-order valence-electron chi connectivity index (χ1n) is 7.32. The summed E-state index contributed by atoms with van der Waals surface area (Å²) < 4.78 is 10.3. The molecular formula is C17H13Cl2N3O4. The van der Waals surface area contributed by atoms with Gasteiger partial charge in [0, 0.05) is 16.0 Å². The Bertz CT molecular complexity index is 1030. The lowest BCUT2D eigenvalue weighted by Crippen LogP contribution is -1.97. The molecule has 0 aliphatic rings. The van der Waals surface area contributed by atoms with E-state index in [2.05, 4.69) is 15.2 Å². The summed E-state index contributed by atoms with van der Waals surface area (Å²) in [6, 6.07) is 7.70. The van der Waals surface area contributed by atoms with Crippen molar-refractivity contribution in [1.82, 2.24) is 4.98 Å². The molecule has 3 rings (SSSR count). The summed E-state index contributed by atoms with van der Waals surface area (Å²) in [6.45, 7) is 0. The van der Waals surface area contributed by atoms with Gasteiger partial charge in [0.15, 0.2) is 17.2 Å². The number of H-pyrrole nitrogens is 1. The van der Waals surface area contributed by atoms with E-state index >= 15 is 0 Å². The minimum atomic E-state index is -0.618. The number of rotatable bonds is 4. The van der Waals surface area contributed by atoms with Gasteiger partial charge in [-0.25, -0.2) is 0 Å². The molecule has 1 heterocycles. The van der Waals surface area contributed by atoms with Gasteiger partial charge in [0.05, 0.1) is 24.8 Å². The Hall–Kier alpha value is -2.77. The van der Waals surface area contributed by atoms with E-state index in [0.29, 0.717) is 32.4 Å². The van der Waals surface area contributed by atoms with Crippen molar-refractivity contribution in [1.29, 1.82) is 0 Å². The zero-order valence-electron chi connectivity index (χ0n) is 13.7. The van der Waals surface area contributed by atoms with Crippen molar-refractivity contribution < 1.29 is 19.4 Å². The van der Waals surface area contributed by atoms with E-state index in [4.69, 9.17) is 32.7 Å². The largest absolute Gasteiger partial charge is 0.493 e. The topological polar surface area (TPSA) is 96.3 Å². The third-order valence-corrected chi connectivity index (χ3v) is 4.17. The van der Waals surface area contributed by atoms with Gasteiger partial charge in [0.2, 0.25) is 5.88 Å². The Morgan fingerprint density at radius 2 is 1.85 bits per heavy atom. The molecule has 9 heteroatoms. The molecule has 1 amide bonds. The third-order valence-electron chi connectivity index (χ3n) is 3.65. The molecule has 0 saturated heterocycles. The van der Waals surface area contributed by atoms with E-state index in [1.807, 2.05) is 0 Å². The molecule has 134 valence electrons. The molecule has 0 bridgehead atoms. The van der Waals surface area contributed by atoms with Crippen LogP contribution in [0.2, 0.25) is 10.0 Å². The minimum absolute atomic E-state index is 0.0678. The van der Waals surface area contributed by atoms with E-state index in [9.17, 15) is 9.90 Å². The zero-order chi connectivity index (χ0) is 18.8. The number of aromatic amines is 1. The van der Waals surface area contributed by atoms with Crippen molar-refractivity contribution in [2.45, 2.75) is 0 Å². The number of methoxy groups -OCH3 is 2. The van der Waals surface area contributed by atoms with E-state index in [0.717, 1.165) is 0 Å². The summed E-state index contributed by atoms with van der Waals surface area (Å²) in [5.74, 6) is -0.0116. The summed E-state index contributed by atoms with van der Waals surface area (Å²) in [5, 5.41) is 18.7. The van der Waals surface area contributed by atoms with Crippen LogP contribution in [0.4, 0.5) is 5.69 Å². The average molecular weight is 394 g/mol. The number of amides is 1. The molecule has 0 fully saturated rings. The molecule has 0 aliphatic carbocycles. The van der Waals surface area contributed by atoms with Crippen LogP contribution in [-0.2, 0) is 0 Å². The number of halogens is 2. The summed E-state index contributed by atoms with van der Waals surface area (Å²) >= 11 is 12.1. The molecule has 0 spiro atoms. The van der Waals surface area contributed by atoms with E-state index < -0.39 is 5.91 Å². The van der Waals surface area contributed by atoms with Crippen LogP contribution >= 0.6 is 23.2 Å². The van der Waals surface area contributed by atoms with Crippen molar-refractivity contribution in [3.05, 3.63) is 45.9 Å². The normalized spacial score (nSPS) is 11.2. The number of hydrogen-bond acceptors (Lipinski definition) is 5. The highest BCUT2D eigenvalue weighted by Crippen LogP contribution is 2.40. The van der Waals surface area contributed by atoms with E-state index in [1.165, 1.54) is 32.4 Å². The summed E-state index contributed by atoms with van der Waals surface area (Å²) in [5.41, 5.74) is 0.765. The number of ether oxygens (including phenoxy) is 2. The number of aromatic nitrogens is 1. The monoisotopic (exact) mass is 393 g/mol. The van der Waals surface area contributed by atoms with Crippen molar-refractivity contribution in [3.63, 3.8) is 0 Å². The third kappa shape index (κ3) is 3.31. The van der Waals surface area contributed by atoms with Crippen LogP contribution in [0.5, 0.6) is 17.4 Å². The van der Waals surface area contributed by atoms with E-state index in [-0.39, 0.29) is 17.1 Å². The van der Waals surface area contributed by atoms with Gasteiger partial charge in [-0.3, -0.25) is 4.79 Å². The van der Waals surface area contributed by atoms with Crippen LogP contribution in [0.15, 0.2) is 40.6 Å². The Labute approximate surface area is 158 Å². The van der Waals surface area contributed by atoms with Crippen LogP contribution in [-0.4, -0.2) is 30.2 Å². The van der Waals surface area contributed by atoms with Gasteiger partial charge in [-0.1, -0.05) is 23.2 Å². The molecule has 1 aromatic heterocycles. The molecule has 2 aromatic carbocycles. The number of carbonyl (C=O) groups is 1. The van der Waals surface area contributed by atoms with Gasteiger partial charge < -0.3 is 19.6 Å². The molecule has 0 radical (unpaired) electrons. The fraction of sp³-hybridized carbons (Fsp3) is 0.118. The fourth-order valence-electron chi connectivity index (χ4n) is 2.42. The molecular weight excluding hydrogens is 381 g/mol. The maximum absolute atomic E-state index is 12.3. The second-order valence-electron chi connectivity index (χ2n) is 5.21. The van der Waals surface area contributed by atoms with Crippen molar-refractivity contribution in [2.24, 2.45) is 10.2 Å². The highest BCUT2D eigenvalue weighted by molar-refractivity contribution is 6.38. The SMILES string of the molecule is COc1ccc(C(=O)N=Nc2c(O)[nH]c3c(Cl)cc(Cl)cc23)cc1OC. The zero-order valence-corrected chi connectivity index (χ0v) is 15.2. The molecule has 0 atom stereocenters. The predicted molar refractivity (Wildman–Crippen MR) is 98.4 cm³/mol. The number of fused-ring (bicyclic) bond motifs is 1. The molecule has 0 aliphatic heterocycles. The first kappa shape index (κ1) is 18.0. The highest BCUT2D eigenvalue weighted by Gasteiger charge is 2.15. The first-order valence-corrected chi connectivity index (χ1v) is 8.08. The minimum Gasteiger partial charge on any atom is -0.493 e. The number of nitrogens with one attached hydrogen (secondary N) is 1. The molecule has 26 heavy (non-hydrogen) atoms. The molecule has 3 aromatic rings. The Morgan fingerprint density at radius 3 is 2.54 bits per heavy atom. The standard InChI is InChI=1S/C17H13Cl2N3O4/c1-25-12-4-3-8(5-13(12)26-2)16(23)22-21-15-10-6-9(18)7-11(19)14(10)20-17(15)24/h3-7,20,24H,1-2H3. The van der Waals surface area contributed by atoms with Gasteiger partial charge in [-0.15, -0.1) is 10.2 Å². The molecule has 0 unspecified atom stereocenters. The smallest absolute Gasteiger partial charge is 0.295 e. The molecule has 2 N–H and O–H groups in total. The van der Waals surface area contributed by atoms with Crippen molar-refractivity contribution in [3.8, 4) is 17.4 Å². The van der Waals surface area contributed by atoms with Gasteiger partial charge in [0.25, 0.3) is 5.91 Å². The Morgan fingerprint density at radius 1 is 1.12 bits per heavy atom. The quantitative estimate of drug-likeness (QED) is 0.600. The Kier molecular flexibility index (Phi) is 5.01. The van der Waals surface area contributed by atoms with Gasteiger partial charge in [-0.05, 0) is 30.3 Å². The molecule has 0 saturated carbocycles. The van der Waals surface area contributed by atoms with Crippen LogP contribution in [0.3, 0.4) is 0 Å². The van der Waals surface area contributed by atoms with Crippen LogP contribution in [0.25, 0.3) is 10.9 Å². The van der Waals surface area contributed by atoms with Gasteiger partial charge in [-0.2, -0.15) is 0 Å². The van der Waals surface area contributed by atoms with Crippen molar-refractivity contribution in [2.75, 3.05) is 14.2 Å². The lowest BCUT2D eigenvalue weighted by atomic mass is 10.2. The van der Waals surface area contributed by atoms with Crippen LogP contribution in [0, 0.1) is 0 Å². The molecule has 7 nitrogen and oxygen atoms in total. The van der Waals surface area contributed by atoms with Gasteiger partial charge in [0.1, 0.15) is 0 Å². The first-order chi connectivity index (χ1) is 12.4. The summed E-state index contributed by atoms with van der Waals surface area (Å²) in [7, 11) is 2.96. The van der Waals surface area contributed by atoms with Crippen LogP contribution in [0.1, 0.15) is 10.4 Å².